The third-order valence-corrected chi connectivity index (χ3v) is 9.50. The molecule has 0 aliphatic carbocycles. The Morgan fingerprint density at radius 2 is 1.50 bits per heavy atom. The van der Waals surface area contributed by atoms with E-state index in [4.69, 9.17) is 14.6 Å². The van der Waals surface area contributed by atoms with E-state index in [1.165, 1.54) is 5.56 Å². The average molecular weight is 679 g/mol. The number of hydrogen-bond donors (Lipinski definition) is 3. The first kappa shape index (κ1) is 36.9. The smallest absolute Gasteiger partial charge is 0.303 e. The van der Waals surface area contributed by atoms with Crippen molar-refractivity contribution in [2.24, 2.45) is 0 Å². The van der Waals surface area contributed by atoms with E-state index in [1.54, 1.807) is 0 Å². The van der Waals surface area contributed by atoms with Crippen molar-refractivity contribution in [3.63, 3.8) is 0 Å². The zero-order valence-corrected chi connectivity index (χ0v) is 29.2. The molecular formula is C42H50N2O6. The van der Waals surface area contributed by atoms with Gasteiger partial charge in [-0.05, 0) is 72.3 Å². The number of aliphatic hydroxyl groups is 1. The van der Waals surface area contributed by atoms with Gasteiger partial charge in [-0.2, -0.15) is 0 Å². The van der Waals surface area contributed by atoms with Crippen LogP contribution in [0, 0.1) is 0 Å². The summed E-state index contributed by atoms with van der Waals surface area (Å²) in [5, 5.41) is 21.4. The van der Waals surface area contributed by atoms with Crippen LogP contribution in [-0.4, -0.2) is 46.7 Å². The summed E-state index contributed by atoms with van der Waals surface area (Å²) in [4.78, 5) is 25.4. The molecule has 3 N–H and O–H groups in total. The fraction of sp³-hybridized carbons (Fsp3) is 0.381. The molecule has 4 aromatic rings. The highest BCUT2D eigenvalue weighted by atomic mass is 16.7. The Morgan fingerprint density at radius 3 is 2.22 bits per heavy atom. The third kappa shape index (κ3) is 10.8. The van der Waals surface area contributed by atoms with Crippen LogP contribution in [-0.2, 0) is 32.2 Å². The predicted octanol–water partition coefficient (Wildman–Crippen LogP) is 8.13. The van der Waals surface area contributed by atoms with Gasteiger partial charge in [-0.25, -0.2) is 0 Å². The lowest BCUT2D eigenvalue weighted by Crippen LogP contribution is -2.38. The van der Waals surface area contributed by atoms with Gasteiger partial charge in [0.1, 0.15) is 0 Å². The number of carboxylic acid groups (broad SMARTS) is 1. The Balaban J connectivity index is 1.26. The van der Waals surface area contributed by atoms with Gasteiger partial charge in [0.25, 0.3) is 0 Å². The molecule has 0 saturated carbocycles. The van der Waals surface area contributed by atoms with Crippen molar-refractivity contribution in [1.82, 2.24) is 10.2 Å². The number of carbonyl (C=O) groups excluding carboxylic acids is 1. The number of nitrogens with zero attached hydrogens (tertiary/aromatic N) is 1. The second-order valence-corrected chi connectivity index (χ2v) is 13.3. The number of hydrogen-bond acceptors (Lipinski definition) is 6. The molecule has 1 heterocycles. The van der Waals surface area contributed by atoms with E-state index in [1.807, 2.05) is 54.6 Å². The van der Waals surface area contributed by atoms with Crippen LogP contribution >= 0.6 is 0 Å². The van der Waals surface area contributed by atoms with Crippen molar-refractivity contribution in [3.8, 4) is 11.1 Å². The number of carbonyl (C=O) groups is 2. The van der Waals surface area contributed by atoms with Crippen LogP contribution in [0.1, 0.15) is 98.1 Å². The van der Waals surface area contributed by atoms with Gasteiger partial charge in [0.05, 0.1) is 18.8 Å². The molecule has 0 radical (unpaired) electrons. The third-order valence-electron chi connectivity index (χ3n) is 9.50. The Labute approximate surface area is 296 Å². The van der Waals surface area contributed by atoms with Crippen molar-refractivity contribution in [2.75, 3.05) is 13.6 Å². The first-order chi connectivity index (χ1) is 24.3. The Hall–Kier alpha value is -4.34. The molecule has 50 heavy (non-hydrogen) atoms. The second kappa shape index (κ2) is 18.6. The number of aliphatic carboxylic acids is 1. The van der Waals surface area contributed by atoms with Crippen LogP contribution in [0.25, 0.3) is 11.1 Å². The van der Waals surface area contributed by atoms with Crippen molar-refractivity contribution >= 4 is 11.9 Å². The fourth-order valence-electron chi connectivity index (χ4n) is 6.43. The summed E-state index contributed by atoms with van der Waals surface area (Å²) in [6, 6.07) is 35.1. The standard InChI is InChI=1S/C42H50N2O6/c1-30(33-13-6-5-7-14-33)44(2)28-38-26-39(34-22-20-31(29-45)21-23-34)50-42(49-38)37-17-11-16-36(25-37)35-15-10-12-32(24-35)27-43-40(46)18-8-3-4-9-19-41(47)48/h5-7,10-17,20-25,30,38-39,42,45H,3-4,8-9,18-19,26-29H2,1-2H3,(H,43,46)(H,47,48)/t30-,38+,39-,42-/m0/s1. The number of benzene rings is 4. The molecule has 1 fully saturated rings. The molecule has 0 aromatic heterocycles. The maximum atomic E-state index is 12.4. The van der Waals surface area contributed by atoms with Gasteiger partial charge in [0.15, 0.2) is 6.29 Å². The summed E-state index contributed by atoms with van der Waals surface area (Å²) in [5.74, 6) is -0.773. The van der Waals surface area contributed by atoms with Crippen LogP contribution < -0.4 is 5.32 Å². The zero-order valence-electron chi connectivity index (χ0n) is 29.2. The number of unbranched alkanes of at least 4 members (excludes halogenated alkanes) is 3. The predicted molar refractivity (Wildman–Crippen MR) is 195 cm³/mol. The molecule has 8 heteroatoms. The number of likely N-dealkylation sites (N-methyl/N-ethyl adjacent to an activating group) is 1. The molecule has 1 aliphatic rings. The van der Waals surface area contributed by atoms with Crippen LogP contribution in [0.2, 0.25) is 0 Å². The van der Waals surface area contributed by atoms with Gasteiger partial charge in [0.2, 0.25) is 5.91 Å². The first-order valence-corrected chi connectivity index (χ1v) is 17.7. The number of rotatable bonds is 17. The van der Waals surface area contributed by atoms with Gasteiger partial charge in [-0.15, -0.1) is 0 Å². The minimum absolute atomic E-state index is 0.000275. The van der Waals surface area contributed by atoms with Crippen LogP contribution in [0.4, 0.5) is 0 Å². The molecule has 0 unspecified atom stereocenters. The Kier molecular flexibility index (Phi) is 13.7. The molecule has 1 amide bonds. The molecule has 4 aromatic carbocycles. The summed E-state index contributed by atoms with van der Waals surface area (Å²) in [5.41, 5.74) is 7.20. The Morgan fingerprint density at radius 1 is 0.800 bits per heavy atom. The molecule has 0 bridgehead atoms. The zero-order chi connectivity index (χ0) is 35.3. The second-order valence-electron chi connectivity index (χ2n) is 13.3. The quantitative estimate of drug-likeness (QED) is 0.0968. The lowest BCUT2D eigenvalue weighted by atomic mass is 9.98. The van der Waals surface area contributed by atoms with E-state index < -0.39 is 12.3 Å². The van der Waals surface area contributed by atoms with Gasteiger partial charge < -0.3 is 25.0 Å². The first-order valence-electron chi connectivity index (χ1n) is 17.7. The van der Waals surface area contributed by atoms with Gasteiger partial charge >= 0.3 is 5.97 Å². The van der Waals surface area contributed by atoms with E-state index in [9.17, 15) is 14.7 Å². The van der Waals surface area contributed by atoms with Crippen LogP contribution in [0.5, 0.6) is 0 Å². The molecule has 5 rings (SSSR count). The molecular weight excluding hydrogens is 628 g/mol. The number of aliphatic hydroxyl groups excluding tert-OH is 1. The van der Waals surface area contributed by atoms with Gasteiger partial charge in [-0.1, -0.05) is 104 Å². The lowest BCUT2D eigenvalue weighted by Gasteiger charge is -2.39. The van der Waals surface area contributed by atoms with E-state index in [0.717, 1.165) is 59.2 Å². The maximum absolute atomic E-state index is 12.4. The lowest BCUT2D eigenvalue weighted by molar-refractivity contribution is -0.253. The van der Waals surface area contributed by atoms with E-state index in [2.05, 4.69) is 72.7 Å². The van der Waals surface area contributed by atoms with Crippen molar-refractivity contribution in [2.45, 2.75) is 89.6 Å². The molecule has 4 atom stereocenters. The van der Waals surface area contributed by atoms with E-state index in [-0.39, 0.29) is 37.2 Å². The van der Waals surface area contributed by atoms with E-state index >= 15 is 0 Å². The van der Waals surface area contributed by atoms with Gasteiger partial charge in [-0.3, -0.25) is 14.5 Å². The largest absolute Gasteiger partial charge is 0.481 e. The molecule has 8 nitrogen and oxygen atoms in total. The summed E-state index contributed by atoms with van der Waals surface area (Å²) < 4.78 is 13.3. The maximum Gasteiger partial charge on any atom is 0.303 e. The van der Waals surface area contributed by atoms with Crippen LogP contribution in [0.15, 0.2) is 103 Å². The number of ether oxygens (including phenoxy) is 2. The number of amides is 1. The van der Waals surface area contributed by atoms with Crippen molar-refractivity contribution in [1.29, 1.82) is 0 Å². The molecule has 1 aliphatic heterocycles. The highest BCUT2D eigenvalue weighted by Gasteiger charge is 2.33. The summed E-state index contributed by atoms with van der Waals surface area (Å²) in [7, 11) is 2.14. The van der Waals surface area contributed by atoms with Crippen molar-refractivity contribution in [3.05, 3.63) is 131 Å². The summed E-state index contributed by atoms with van der Waals surface area (Å²) in [6.45, 7) is 3.39. The Bertz CT molecular complexity index is 1660. The van der Waals surface area contributed by atoms with Crippen molar-refractivity contribution < 1.29 is 29.3 Å². The highest BCUT2D eigenvalue weighted by molar-refractivity contribution is 5.76. The number of nitrogens with one attached hydrogen (secondary N) is 1. The molecule has 1 saturated heterocycles. The minimum atomic E-state index is -0.774. The molecule has 0 spiro atoms. The topological polar surface area (TPSA) is 108 Å². The number of carboxylic acids is 1. The summed E-state index contributed by atoms with van der Waals surface area (Å²) in [6.07, 6.45) is 3.58. The summed E-state index contributed by atoms with van der Waals surface area (Å²) >= 11 is 0. The fourth-order valence-corrected chi connectivity index (χ4v) is 6.43. The normalized spacial score (nSPS) is 18.1. The monoisotopic (exact) mass is 678 g/mol. The SMILES string of the molecule is C[C@@H](c1ccccc1)N(C)C[C@H]1C[C@@H](c2ccc(CO)cc2)O[C@@H](c2cccc(-c3cccc(CNC(=O)CCCCCCC(=O)O)c3)c2)O1. The molecule has 264 valence electrons. The average Bonchev–Trinajstić information content (AvgIpc) is 3.15. The van der Waals surface area contributed by atoms with Crippen LogP contribution in [0.3, 0.4) is 0 Å². The van der Waals surface area contributed by atoms with E-state index in [0.29, 0.717) is 25.8 Å². The highest BCUT2D eigenvalue weighted by Crippen LogP contribution is 2.39. The van der Waals surface area contributed by atoms with Gasteiger partial charge in [0, 0.05) is 44.0 Å². The minimum Gasteiger partial charge on any atom is -0.481 e.